The first kappa shape index (κ1) is 15.0. The SMILES string of the molecule is O=c1c2c(-c3ccc(F)cc3)ccnc2[nH]n1-c1nc2ccccc2s1. The zero-order chi connectivity index (χ0) is 17.7. The summed E-state index contributed by atoms with van der Waals surface area (Å²) < 4.78 is 15.6. The number of thiazole rings is 1. The van der Waals surface area contributed by atoms with Gasteiger partial charge in [0.2, 0.25) is 5.13 Å². The second-order valence-corrected chi connectivity index (χ2v) is 6.81. The molecule has 5 nitrogen and oxygen atoms in total. The van der Waals surface area contributed by atoms with Crippen molar-refractivity contribution in [3.05, 3.63) is 77.0 Å². The van der Waals surface area contributed by atoms with Crippen molar-refractivity contribution in [3.8, 4) is 16.3 Å². The largest absolute Gasteiger partial charge is 0.283 e. The van der Waals surface area contributed by atoms with E-state index in [-0.39, 0.29) is 11.4 Å². The molecule has 0 saturated carbocycles. The fraction of sp³-hybridized carbons (Fsp3) is 0. The smallest absolute Gasteiger partial charge is 0.271 e. The number of halogens is 1. The number of para-hydroxylation sites is 1. The lowest BCUT2D eigenvalue weighted by atomic mass is 10.0. The standard InChI is InChI=1S/C19H11FN4OS/c20-12-7-5-11(6-8-12)13-9-10-21-17-16(13)18(25)24(23-17)19-22-14-3-1-2-4-15(14)26-19/h1-10H,(H,21,23). The lowest BCUT2D eigenvalue weighted by Crippen LogP contribution is -2.14. The number of rotatable bonds is 2. The van der Waals surface area contributed by atoms with E-state index in [1.54, 1.807) is 24.4 Å². The van der Waals surface area contributed by atoms with Gasteiger partial charge in [0.05, 0.1) is 15.6 Å². The van der Waals surface area contributed by atoms with Gasteiger partial charge in [-0.1, -0.05) is 35.6 Å². The minimum absolute atomic E-state index is 0.230. The number of H-pyrrole nitrogens is 1. The van der Waals surface area contributed by atoms with Gasteiger partial charge in [-0.25, -0.2) is 14.4 Å². The van der Waals surface area contributed by atoms with Crippen LogP contribution >= 0.6 is 11.3 Å². The van der Waals surface area contributed by atoms with Crippen LogP contribution in [0.25, 0.3) is 37.5 Å². The Morgan fingerprint density at radius 2 is 1.85 bits per heavy atom. The number of benzene rings is 2. The van der Waals surface area contributed by atoms with E-state index >= 15 is 0 Å². The quantitative estimate of drug-likeness (QED) is 0.514. The molecule has 5 rings (SSSR count). The van der Waals surface area contributed by atoms with Gasteiger partial charge in [-0.15, -0.1) is 0 Å². The molecule has 2 aromatic carbocycles. The molecule has 0 atom stereocenters. The number of nitrogens with zero attached hydrogens (tertiary/aromatic N) is 3. The third kappa shape index (κ3) is 2.25. The maximum Gasteiger partial charge on any atom is 0.283 e. The zero-order valence-corrected chi connectivity index (χ0v) is 14.1. The molecule has 7 heteroatoms. The van der Waals surface area contributed by atoms with E-state index < -0.39 is 0 Å². The van der Waals surface area contributed by atoms with Gasteiger partial charge in [0.15, 0.2) is 5.65 Å². The van der Waals surface area contributed by atoms with Crippen LogP contribution in [0.3, 0.4) is 0 Å². The topological polar surface area (TPSA) is 63.6 Å². The third-order valence-corrected chi connectivity index (χ3v) is 5.24. The Hall–Kier alpha value is -3.32. The van der Waals surface area contributed by atoms with Crippen molar-refractivity contribution < 1.29 is 4.39 Å². The third-order valence-electron chi connectivity index (χ3n) is 4.21. The number of aromatic nitrogens is 4. The second-order valence-electron chi connectivity index (χ2n) is 5.81. The molecule has 126 valence electrons. The summed E-state index contributed by atoms with van der Waals surface area (Å²) in [4.78, 5) is 21.8. The predicted molar refractivity (Wildman–Crippen MR) is 100 cm³/mol. The average Bonchev–Trinajstić information content (AvgIpc) is 3.23. The Morgan fingerprint density at radius 3 is 2.65 bits per heavy atom. The molecular weight excluding hydrogens is 351 g/mol. The lowest BCUT2D eigenvalue weighted by molar-refractivity contribution is 0.628. The maximum atomic E-state index is 13.2. The molecule has 3 aromatic heterocycles. The van der Waals surface area contributed by atoms with Crippen LogP contribution in [0.5, 0.6) is 0 Å². The van der Waals surface area contributed by atoms with E-state index in [0.29, 0.717) is 21.7 Å². The van der Waals surface area contributed by atoms with Gasteiger partial charge in [0, 0.05) is 6.20 Å². The number of hydrogen-bond acceptors (Lipinski definition) is 4. The Bertz CT molecular complexity index is 1280. The van der Waals surface area contributed by atoms with Crippen molar-refractivity contribution >= 4 is 32.6 Å². The molecule has 0 spiro atoms. The summed E-state index contributed by atoms with van der Waals surface area (Å²) in [5.41, 5.74) is 2.54. The minimum Gasteiger partial charge on any atom is -0.271 e. The van der Waals surface area contributed by atoms with Crippen molar-refractivity contribution in [1.82, 2.24) is 19.7 Å². The fourth-order valence-electron chi connectivity index (χ4n) is 2.99. The molecule has 0 fully saturated rings. The van der Waals surface area contributed by atoms with E-state index in [0.717, 1.165) is 15.8 Å². The average molecular weight is 362 g/mol. The Balaban J connectivity index is 1.76. The highest BCUT2D eigenvalue weighted by molar-refractivity contribution is 7.20. The van der Waals surface area contributed by atoms with Crippen molar-refractivity contribution in [1.29, 1.82) is 0 Å². The fourth-order valence-corrected chi connectivity index (χ4v) is 3.92. The summed E-state index contributed by atoms with van der Waals surface area (Å²) in [5.74, 6) is -0.319. The molecule has 0 aliphatic rings. The first-order valence-corrected chi connectivity index (χ1v) is 8.74. The van der Waals surface area contributed by atoms with Gasteiger partial charge >= 0.3 is 0 Å². The molecule has 0 amide bonds. The molecule has 0 saturated heterocycles. The van der Waals surface area contributed by atoms with E-state index in [1.807, 2.05) is 24.3 Å². The number of nitrogens with one attached hydrogen (secondary N) is 1. The van der Waals surface area contributed by atoms with E-state index in [2.05, 4.69) is 15.1 Å². The first-order valence-electron chi connectivity index (χ1n) is 7.92. The molecule has 26 heavy (non-hydrogen) atoms. The number of fused-ring (bicyclic) bond motifs is 2. The van der Waals surface area contributed by atoms with Gasteiger partial charge in [0.25, 0.3) is 5.56 Å². The predicted octanol–water partition coefficient (Wildman–Crippen LogP) is 4.13. The van der Waals surface area contributed by atoms with Crippen LogP contribution in [0, 0.1) is 5.82 Å². The minimum atomic E-state index is -0.319. The van der Waals surface area contributed by atoms with E-state index in [4.69, 9.17) is 0 Å². The van der Waals surface area contributed by atoms with Crippen LogP contribution in [0.4, 0.5) is 4.39 Å². The van der Waals surface area contributed by atoms with Crippen LogP contribution in [-0.4, -0.2) is 19.7 Å². The van der Waals surface area contributed by atoms with E-state index in [1.165, 1.54) is 28.2 Å². The molecule has 0 bridgehead atoms. The summed E-state index contributed by atoms with van der Waals surface area (Å²) >= 11 is 1.43. The number of hydrogen-bond donors (Lipinski definition) is 1. The number of aromatic amines is 1. The van der Waals surface area contributed by atoms with Crippen molar-refractivity contribution in [2.45, 2.75) is 0 Å². The van der Waals surface area contributed by atoms with Crippen molar-refractivity contribution in [2.24, 2.45) is 0 Å². The number of pyridine rings is 1. The Labute approximate surface area is 150 Å². The lowest BCUT2D eigenvalue weighted by Gasteiger charge is -2.01. The molecule has 3 heterocycles. The highest BCUT2D eigenvalue weighted by Gasteiger charge is 2.16. The highest BCUT2D eigenvalue weighted by Crippen LogP contribution is 2.27. The van der Waals surface area contributed by atoms with Gasteiger partial charge in [0.1, 0.15) is 5.82 Å². The molecule has 0 aliphatic heterocycles. The summed E-state index contributed by atoms with van der Waals surface area (Å²) in [6.07, 6.45) is 1.62. The highest BCUT2D eigenvalue weighted by atomic mass is 32.1. The zero-order valence-electron chi connectivity index (χ0n) is 13.3. The van der Waals surface area contributed by atoms with Gasteiger partial charge in [-0.05, 0) is 41.5 Å². The van der Waals surface area contributed by atoms with Crippen molar-refractivity contribution in [2.75, 3.05) is 0 Å². The maximum absolute atomic E-state index is 13.2. The summed E-state index contributed by atoms with van der Waals surface area (Å²) in [6, 6.07) is 15.5. The molecule has 1 N–H and O–H groups in total. The molecular formula is C19H11FN4OS. The van der Waals surface area contributed by atoms with Crippen LogP contribution in [0.2, 0.25) is 0 Å². The van der Waals surface area contributed by atoms with Crippen LogP contribution in [-0.2, 0) is 0 Å². The van der Waals surface area contributed by atoms with Crippen molar-refractivity contribution in [3.63, 3.8) is 0 Å². The van der Waals surface area contributed by atoms with Gasteiger partial charge in [-0.3, -0.25) is 9.89 Å². The monoisotopic (exact) mass is 362 g/mol. The normalized spacial score (nSPS) is 11.4. The summed E-state index contributed by atoms with van der Waals surface area (Å²) in [7, 11) is 0. The van der Waals surface area contributed by atoms with Gasteiger partial charge < -0.3 is 0 Å². The van der Waals surface area contributed by atoms with Crippen LogP contribution < -0.4 is 5.56 Å². The molecule has 5 aromatic rings. The summed E-state index contributed by atoms with van der Waals surface area (Å²) in [5, 5.41) is 4.04. The summed E-state index contributed by atoms with van der Waals surface area (Å²) in [6.45, 7) is 0. The molecule has 0 unspecified atom stereocenters. The van der Waals surface area contributed by atoms with Gasteiger partial charge in [-0.2, -0.15) is 4.68 Å². The van der Waals surface area contributed by atoms with Crippen LogP contribution in [0.15, 0.2) is 65.6 Å². The first-order chi connectivity index (χ1) is 12.7. The molecule has 0 aliphatic carbocycles. The van der Waals surface area contributed by atoms with Crippen LogP contribution in [0.1, 0.15) is 0 Å². The van der Waals surface area contributed by atoms with E-state index in [9.17, 15) is 9.18 Å². The molecule has 0 radical (unpaired) electrons. The Morgan fingerprint density at radius 1 is 1.04 bits per heavy atom. The Kier molecular flexibility index (Phi) is 3.23. The second kappa shape index (κ2) is 5.60.